The standard InChI is InChI=1S/C18H23N3O4/c22-11-12(23)9-19-7-5-17(24)21-8-6-16-15(10-21)13-3-1-2-4-14(13)18(25)20-16/h1-4,12,19,22-23H,5-11H2,(H,20,25)/t12-/m1/s1. The zero-order valence-corrected chi connectivity index (χ0v) is 14.0. The normalized spacial score (nSPS) is 15.2. The van der Waals surface area contributed by atoms with Gasteiger partial charge in [-0.3, -0.25) is 9.59 Å². The molecule has 2 aromatic rings. The summed E-state index contributed by atoms with van der Waals surface area (Å²) >= 11 is 0. The SMILES string of the molecule is O=C(CCNC[C@@H](O)CO)N1CCc2[nH]c(=O)c3ccccc3c2C1. The largest absolute Gasteiger partial charge is 0.394 e. The topological polar surface area (TPSA) is 106 Å². The molecule has 0 radical (unpaired) electrons. The number of aliphatic hydroxyl groups excluding tert-OH is 2. The molecule has 1 aliphatic rings. The van der Waals surface area contributed by atoms with Crippen LogP contribution in [0.2, 0.25) is 0 Å². The Kier molecular flexibility index (Phi) is 5.47. The van der Waals surface area contributed by atoms with Crippen LogP contribution in [0.5, 0.6) is 0 Å². The van der Waals surface area contributed by atoms with Gasteiger partial charge in [0, 0.05) is 50.1 Å². The van der Waals surface area contributed by atoms with Crippen LogP contribution in [0.25, 0.3) is 10.8 Å². The van der Waals surface area contributed by atoms with E-state index in [1.54, 1.807) is 11.0 Å². The number of aromatic amines is 1. The lowest BCUT2D eigenvalue weighted by molar-refractivity contribution is -0.132. The summed E-state index contributed by atoms with van der Waals surface area (Å²) in [6.45, 7) is 1.49. The Morgan fingerprint density at radius 3 is 2.84 bits per heavy atom. The number of pyridine rings is 1. The summed E-state index contributed by atoms with van der Waals surface area (Å²) < 4.78 is 0. The van der Waals surface area contributed by atoms with Crippen molar-refractivity contribution in [1.29, 1.82) is 0 Å². The van der Waals surface area contributed by atoms with Crippen molar-refractivity contribution in [2.24, 2.45) is 0 Å². The molecule has 2 heterocycles. The Labute approximate surface area is 145 Å². The van der Waals surface area contributed by atoms with Gasteiger partial charge in [0.15, 0.2) is 0 Å². The summed E-state index contributed by atoms with van der Waals surface area (Å²) in [5.41, 5.74) is 1.84. The maximum absolute atomic E-state index is 12.4. The highest BCUT2D eigenvalue weighted by atomic mass is 16.3. The van der Waals surface area contributed by atoms with Gasteiger partial charge < -0.3 is 25.4 Å². The van der Waals surface area contributed by atoms with Crippen molar-refractivity contribution >= 4 is 16.7 Å². The summed E-state index contributed by atoms with van der Waals surface area (Å²) in [5.74, 6) is 0.0342. The van der Waals surface area contributed by atoms with Crippen LogP contribution in [-0.2, 0) is 17.8 Å². The minimum absolute atomic E-state index is 0.0342. The van der Waals surface area contributed by atoms with Crippen molar-refractivity contribution in [2.75, 3.05) is 26.2 Å². The average molecular weight is 345 g/mol. The first kappa shape index (κ1) is 17.6. The van der Waals surface area contributed by atoms with Crippen LogP contribution in [0.3, 0.4) is 0 Å². The quantitative estimate of drug-likeness (QED) is 0.540. The van der Waals surface area contributed by atoms with Crippen molar-refractivity contribution in [2.45, 2.75) is 25.5 Å². The smallest absolute Gasteiger partial charge is 0.256 e. The van der Waals surface area contributed by atoms with Crippen molar-refractivity contribution in [3.05, 3.63) is 45.9 Å². The van der Waals surface area contributed by atoms with Crippen LogP contribution in [0, 0.1) is 0 Å². The number of carbonyl (C=O) groups is 1. The molecule has 1 aromatic heterocycles. The predicted octanol–water partition coefficient (Wildman–Crippen LogP) is -0.254. The van der Waals surface area contributed by atoms with Gasteiger partial charge in [0.2, 0.25) is 5.91 Å². The van der Waals surface area contributed by atoms with Gasteiger partial charge in [-0.1, -0.05) is 18.2 Å². The number of nitrogens with zero attached hydrogens (tertiary/aromatic N) is 1. The first-order valence-corrected chi connectivity index (χ1v) is 8.50. The molecule has 0 saturated carbocycles. The van der Waals surface area contributed by atoms with E-state index in [0.717, 1.165) is 16.6 Å². The van der Waals surface area contributed by atoms with Crippen molar-refractivity contribution in [3.63, 3.8) is 0 Å². The van der Waals surface area contributed by atoms with E-state index in [2.05, 4.69) is 10.3 Å². The Morgan fingerprint density at radius 2 is 2.08 bits per heavy atom. The van der Waals surface area contributed by atoms with Crippen molar-refractivity contribution in [1.82, 2.24) is 15.2 Å². The predicted molar refractivity (Wildman–Crippen MR) is 94.3 cm³/mol. The van der Waals surface area contributed by atoms with Crippen molar-refractivity contribution < 1.29 is 15.0 Å². The second kappa shape index (κ2) is 7.77. The van der Waals surface area contributed by atoms with Gasteiger partial charge in [0.1, 0.15) is 0 Å². The molecule has 4 N–H and O–H groups in total. The summed E-state index contributed by atoms with van der Waals surface area (Å²) in [6.07, 6.45) is 0.159. The van der Waals surface area contributed by atoms with E-state index in [4.69, 9.17) is 5.11 Å². The average Bonchev–Trinajstić information content (AvgIpc) is 2.65. The molecule has 0 fully saturated rings. The number of aliphatic hydroxyl groups is 2. The maximum Gasteiger partial charge on any atom is 0.256 e. The molecule has 1 aliphatic heterocycles. The zero-order chi connectivity index (χ0) is 17.8. The number of aromatic nitrogens is 1. The van der Waals surface area contributed by atoms with Gasteiger partial charge in [0.05, 0.1) is 12.7 Å². The van der Waals surface area contributed by atoms with Gasteiger partial charge in [-0.25, -0.2) is 0 Å². The molecule has 25 heavy (non-hydrogen) atoms. The molecule has 0 bridgehead atoms. The van der Waals surface area contributed by atoms with Crippen LogP contribution >= 0.6 is 0 Å². The first-order chi connectivity index (χ1) is 12.1. The van der Waals surface area contributed by atoms with E-state index in [9.17, 15) is 14.7 Å². The third-order valence-electron chi connectivity index (χ3n) is 4.57. The number of fused-ring (bicyclic) bond motifs is 3. The van der Waals surface area contributed by atoms with Crippen LogP contribution in [0.1, 0.15) is 17.7 Å². The molecule has 0 aliphatic carbocycles. The third kappa shape index (κ3) is 3.89. The molecule has 7 heteroatoms. The second-order valence-corrected chi connectivity index (χ2v) is 6.31. The third-order valence-corrected chi connectivity index (χ3v) is 4.57. The Morgan fingerprint density at radius 1 is 1.32 bits per heavy atom. The van der Waals surface area contributed by atoms with E-state index in [0.29, 0.717) is 37.9 Å². The van der Waals surface area contributed by atoms with Gasteiger partial charge in [-0.15, -0.1) is 0 Å². The van der Waals surface area contributed by atoms with Crippen LogP contribution < -0.4 is 10.9 Å². The molecule has 7 nitrogen and oxygen atoms in total. The van der Waals surface area contributed by atoms with E-state index in [1.165, 1.54) is 0 Å². The van der Waals surface area contributed by atoms with E-state index < -0.39 is 6.10 Å². The maximum atomic E-state index is 12.4. The number of hydrogen-bond acceptors (Lipinski definition) is 5. The molecule has 1 atom stereocenters. The first-order valence-electron chi connectivity index (χ1n) is 8.50. The monoisotopic (exact) mass is 345 g/mol. The molecule has 134 valence electrons. The minimum Gasteiger partial charge on any atom is -0.394 e. The fraction of sp³-hybridized carbons (Fsp3) is 0.444. The summed E-state index contributed by atoms with van der Waals surface area (Å²) in [7, 11) is 0. The van der Waals surface area contributed by atoms with E-state index in [1.807, 2.05) is 18.2 Å². The Hall–Kier alpha value is -2.22. The highest BCUT2D eigenvalue weighted by molar-refractivity contribution is 5.86. The number of rotatable bonds is 6. The lowest BCUT2D eigenvalue weighted by Gasteiger charge is -2.29. The van der Waals surface area contributed by atoms with E-state index in [-0.39, 0.29) is 24.6 Å². The lowest BCUT2D eigenvalue weighted by Crippen LogP contribution is -2.39. The highest BCUT2D eigenvalue weighted by Gasteiger charge is 2.23. The number of hydrogen-bond donors (Lipinski definition) is 4. The summed E-state index contributed by atoms with van der Waals surface area (Å²) in [5, 5.41) is 22.5. The fourth-order valence-corrected chi connectivity index (χ4v) is 3.20. The molecule has 1 aromatic carbocycles. The number of amides is 1. The van der Waals surface area contributed by atoms with Crippen LogP contribution in [0.15, 0.2) is 29.1 Å². The second-order valence-electron chi connectivity index (χ2n) is 6.31. The Bertz CT molecular complexity index is 818. The number of carbonyl (C=O) groups excluding carboxylic acids is 1. The molecule has 0 unspecified atom stereocenters. The number of H-pyrrole nitrogens is 1. The summed E-state index contributed by atoms with van der Waals surface area (Å²) in [6, 6.07) is 7.46. The lowest BCUT2D eigenvalue weighted by atomic mass is 9.98. The van der Waals surface area contributed by atoms with Gasteiger partial charge >= 0.3 is 0 Å². The van der Waals surface area contributed by atoms with Crippen LogP contribution in [0.4, 0.5) is 0 Å². The van der Waals surface area contributed by atoms with Gasteiger partial charge in [0.25, 0.3) is 5.56 Å². The zero-order valence-electron chi connectivity index (χ0n) is 14.0. The molecule has 0 spiro atoms. The highest BCUT2D eigenvalue weighted by Crippen LogP contribution is 2.24. The van der Waals surface area contributed by atoms with Crippen LogP contribution in [-0.4, -0.2) is 58.3 Å². The molecular weight excluding hydrogens is 322 g/mol. The Balaban J connectivity index is 1.67. The minimum atomic E-state index is -0.805. The number of benzene rings is 1. The fourth-order valence-electron chi connectivity index (χ4n) is 3.20. The molecule has 1 amide bonds. The summed E-state index contributed by atoms with van der Waals surface area (Å²) in [4.78, 5) is 29.3. The molecular formula is C18H23N3O4. The van der Waals surface area contributed by atoms with Gasteiger partial charge in [-0.05, 0) is 17.0 Å². The van der Waals surface area contributed by atoms with Gasteiger partial charge in [-0.2, -0.15) is 0 Å². The number of nitrogens with one attached hydrogen (secondary N) is 2. The molecule has 0 saturated heterocycles. The van der Waals surface area contributed by atoms with Crippen molar-refractivity contribution in [3.8, 4) is 0 Å². The molecule has 3 rings (SSSR count). The van der Waals surface area contributed by atoms with E-state index >= 15 is 0 Å².